The molecule has 1 unspecified atom stereocenters. The maximum atomic E-state index is 12.7. The summed E-state index contributed by atoms with van der Waals surface area (Å²) in [5.41, 5.74) is 2.97. The van der Waals surface area contributed by atoms with Gasteiger partial charge in [-0.15, -0.1) is 0 Å². The summed E-state index contributed by atoms with van der Waals surface area (Å²) >= 11 is 0. The lowest BCUT2D eigenvalue weighted by Crippen LogP contribution is -2.39. The molecule has 2 saturated carbocycles. The van der Waals surface area contributed by atoms with E-state index in [9.17, 15) is 14.7 Å². The molecular weight excluding hydrogens is 448 g/mol. The van der Waals surface area contributed by atoms with Gasteiger partial charge in [-0.25, -0.2) is 9.78 Å². The molecule has 35 heavy (non-hydrogen) atoms. The maximum absolute atomic E-state index is 12.7. The first-order valence-corrected chi connectivity index (χ1v) is 12.5. The Labute approximate surface area is 206 Å². The quantitative estimate of drug-likeness (QED) is 0.549. The molecule has 2 aromatic rings. The van der Waals surface area contributed by atoms with Crippen LogP contribution in [0.5, 0.6) is 5.75 Å². The highest BCUT2D eigenvalue weighted by molar-refractivity contribution is 5.70. The van der Waals surface area contributed by atoms with Crippen molar-refractivity contribution in [2.24, 2.45) is 13.0 Å². The number of aromatic nitrogens is 3. The van der Waals surface area contributed by atoms with E-state index in [-0.39, 0.29) is 30.3 Å². The lowest BCUT2D eigenvalue weighted by molar-refractivity contribution is -0.143. The zero-order valence-corrected chi connectivity index (χ0v) is 21.1. The van der Waals surface area contributed by atoms with Crippen LogP contribution in [0.4, 0.5) is 4.79 Å². The van der Waals surface area contributed by atoms with E-state index in [1.54, 1.807) is 15.8 Å². The molecule has 0 saturated heterocycles. The summed E-state index contributed by atoms with van der Waals surface area (Å²) in [7, 11) is 3.64. The van der Waals surface area contributed by atoms with Crippen molar-refractivity contribution in [3.05, 3.63) is 29.7 Å². The Hall–Kier alpha value is -3.10. The van der Waals surface area contributed by atoms with Gasteiger partial charge in [-0.1, -0.05) is 13.3 Å². The van der Waals surface area contributed by atoms with Crippen LogP contribution in [0.25, 0.3) is 11.3 Å². The van der Waals surface area contributed by atoms with Gasteiger partial charge in [0.25, 0.3) is 0 Å². The van der Waals surface area contributed by atoms with Gasteiger partial charge in [0, 0.05) is 25.2 Å². The second-order valence-electron chi connectivity index (χ2n) is 9.94. The number of carboxylic acids is 1. The van der Waals surface area contributed by atoms with E-state index in [1.165, 1.54) is 0 Å². The fraction of sp³-hybridized carbons (Fsp3) is 0.615. The molecule has 0 bridgehead atoms. The standard InChI is InChI=1S/C26H36N4O5/c1-5-11-26(12-13-26)29(3)25(33)34-16-22-20(15-27-30(22)4)21-9-10-23(17(2)28-21)35-19-8-6-7-18(14-19)24(31)32/h9-10,15,18-19H,5-8,11-14,16H2,1-4H3,(H,31,32)/t18?,19-/m0/s1. The molecule has 1 amide bonds. The Balaban J connectivity index is 1.43. The number of aryl methyl sites for hydroxylation is 2. The molecule has 4 rings (SSSR count). The number of nitrogens with zero attached hydrogens (tertiary/aromatic N) is 4. The Kier molecular flexibility index (Phi) is 7.33. The molecule has 0 radical (unpaired) electrons. The fourth-order valence-corrected chi connectivity index (χ4v) is 5.11. The maximum Gasteiger partial charge on any atom is 0.410 e. The number of rotatable bonds is 9. The third-order valence-corrected chi connectivity index (χ3v) is 7.50. The first-order chi connectivity index (χ1) is 16.7. The molecule has 9 heteroatoms. The molecule has 0 aliphatic heterocycles. The summed E-state index contributed by atoms with van der Waals surface area (Å²) < 4.78 is 13.5. The summed E-state index contributed by atoms with van der Waals surface area (Å²) in [6.45, 7) is 4.12. The Morgan fingerprint density at radius 2 is 2.06 bits per heavy atom. The summed E-state index contributed by atoms with van der Waals surface area (Å²) in [4.78, 5) is 30.6. The third kappa shape index (κ3) is 5.44. The van der Waals surface area contributed by atoms with Crippen LogP contribution in [0, 0.1) is 12.8 Å². The average molecular weight is 485 g/mol. The fourth-order valence-electron chi connectivity index (χ4n) is 5.11. The van der Waals surface area contributed by atoms with Gasteiger partial charge in [0.15, 0.2) is 0 Å². The van der Waals surface area contributed by atoms with Crippen LogP contribution < -0.4 is 4.74 Å². The summed E-state index contributed by atoms with van der Waals surface area (Å²) in [5.74, 6) is -0.441. The molecule has 2 fully saturated rings. The molecule has 1 N–H and O–H groups in total. The number of hydrogen-bond donors (Lipinski definition) is 1. The van der Waals surface area contributed by atoms with Gasteiger partial charge >= 0.3 is 12.1 Å². The van der Waals surface area contributed by atoms with E-state index in [0.717, 1.165) is 61.2 Å². The number of ether oxygens (including phenoxy) is 2. The van der Waals surface area contributed by atoms with Crippen molar-refractivity contribution >= 4 is 12.1 Å². The van der Waals surface area contributed by atoms with Crippen molar-refractivity contribution in [3.8, 4) is 17.0 Å². The van der Waals surface area contributed by atoms with E-state index in [2.05, 4.69) is 12.0 Å². The van der Waals surface area contributed by atoms with E-state index in [0.29, 0.717) is 18.6 Å². The minimum Gasteiger partial charge on any atom is -0.489 e. The van der Waals surface area contributed by atoms with Crippen molar-refractivity contribution in [2.45, 2.75) is 83.5 Å². The lowest BCUT2D eigenvalue weighted by atomic mass is 9.87. The molecule has 0 aromatic carbocycles. The van der Waals surface area contributed by atoms with Gasteiger partial charge < -0.3 is 19.5 Å². The normalized spacial score (nSPS) is 20.8. The van der Waals surface area contributed by atoms with Crippen LogP contribution in [0.2, 0.25) is 0 Å². The number of pyridine rings is 1. The van der Waals surface area contributed by atoms with Gasteiger partial charge in [0.05, 0.1) is 35.3 Å². The number of carbonyl (C=O) groups is 2. The minimum absolute atomic E-state index is 0.0432. The molecule has 2 aliphatic rings. The van der Waals surface area contributed by atoms with Crippen molar-refractivity contribution in [2.75, 3.05) is 7.05 Å². The third-order valence-electron chi connectivity index (χ3n) is 7.50. The van der Waals surface area contributed by atoms with E-state index >= 15 is 0 Å². The van der Waals surface area contributed by atoms with Gasteiger partial charge in [-0.3, -0.25) is 9.48 Å². The van der Waals surface area contributed by atoms with E-state index in [1.807, 2.05) is 33.2 Å². The molecule has 2 heterocycles. The van der Waals surface area contributed by atoms with Crippen molar-refractivity contribution < 1.29 is 24.2 Å². The first kappa shape index (κ1) is 25.0. The second kappa shape index (κ2) is 10.3. The van der Waals surface area contributed by atoms with E-state index < -0.39 is 5.97 Å². The summed E-state index contributed by atoms with van der Waals surface area (Å²) in [6.07, 6.45) is 8.28. The Bertz CT molecular complexity index is 1080. The smallest absolute Gasteiger partial charge is 0.410 e. The zero-order valence-electron chi connectivity index (χ0n) is 21.1. The SMILES string of the molecule is CCCC1(N(C)C(=O)OCc2c(-c3ccc(O[C@H]4CCCC(C(=O)O)C4)c(C)n3)cnn2C)CC1. The van der Waals surface area contributed by atoms with Crippen LogP contribution >= 0.6 is 0 Å². The number of amides is 1. The minimum atomic E-state index is -0.753. The van der Waals surface area contributed by atoms with Crippen LogP contribution in [-0.4, -0.2) is 55.5 Å². The van der Waals surface area contributed by atoms with Gasteiger partial charge in [0.1, 0.15) is 12.4 Å². The topological polar surface area (TPSA) is 107 Å². The van der Waals surface area contributed by atoms with Crippen LogP contribution in [-0.2, 0) is 23.2 Å². The van der Waals surface area contributed by atoms with Crippen LogP contribution in [0.3, 0.4) is 0 Å². The molecule has 2 aliphatic carbocycles. The number of carboxylic acid groups (broad SMARTS) is 1. The van der Waals surface area contributed by atoms with Gasteiger partial charge in [-0.05, 0) is 64.0 Å². The second-order valence-corrected chi connectivity index (χ2v) is 9.94. The molecule has 0 spiro atoms. The van der Waals surface area contributed by atoms with Crippen LogP contribution in [0.15, 0.2) is 18.3 Å². The molecule has 2 atom stereocenters. The number of aliphatic carboxylic acids is 1. The molecule has 9 nitrogen and oxygen atoms in total. The summed E-state index contributed by atoms with van der Waals surface area (Å²) in [6, 6.07) is 3.74. The van der Waals surface area contributed by atoms with Crippen molar-refractivity contribution in [3.63, 3.8) is 0 Å². The predicted octanol–water partition coefficient (Wildman–Crippen LogP) is 4.71. The molecular formula is C26H36N4O5. The van der Waals surface area contributed by atoms with Crippen LogP contribution in [0.1, 0.15) is 69.7 Å². The lowest BCUT2D eigenvalue weighted by Gasteiger charge is -2.27. The Morgan fingerprint density at radius 3 is 2.71 bits per heavy atom. The molecule has 190 valence electrons. The number of hydrogen-bond acceptors (Lipinski definition) is 6. The zero-order chi connectivity index (χ0) is 25.2. The predicted molar refractivity (Wildman–Crippen MR) is 130 cm³/mol. The largest absolute Gasteiger partial charge is 0.489 e. The first-order valence-electron chi connectivity index (χ1n) is 12.5. The van der Waals surface area contributed by atoms with Gasteiger partial charge in [0.2, 0.25) is 0 Å². The highest BCUT2D eigenvalue weighted by Crippen LogP contribution is 2.45. The Morgan fingerprint density at radius 1 is 1.29 bits per heavy atom. The average Bonchev–Trinajstić information content (AvgIpc) is 3.53. The van der Waals surface area contributed by atoms with Gasteiger partial charge in [-0.2, -0.15) is 5.10 Å². The monoisotopic (exact) mass is 484 g/mol. The van der Waals surface area contributed by atoms with Crippen molar-refractivity contribution in [1.29, 1.82) is 0 Å². The highest BCUT2D eigenvalue weighted by Gasteiger charge is 2.48. The van der Waals surface area contributed by atoms with E-state index in [4.69, 9.17) is 14.5 Å². The highest BCUT2D eigenvalue weighted by atomic mass is 16.6. The number of carbonyl (C=O) groups excluding carboxylic acids is 1. The van der Waals surface area contributed by atoms with Crippen molar-refractivity contribution in [1.82, 2.24) is 19.7 Å². The molecule has 2 aromatic heterocycles. The summed E-state index contributed by atoms with van der Waals surface area (Å²) in [5, 5.41) is 13.7.